The summed E-state index contributed by atoms with van der Waals surface area (Å²) in [4.78, 5) is 16.2. The first-order chi connectivity index (χ1) is 11.3. The number of alkyl halides is 3. The molecule has 0 aliphatic carbocycles. The van der Waals surface area contributed by atoms with Gasteiger partial charge in [0.2, 0.25) is 0 Å². The Hall–Kier alpha value is -2.02. The Bertz CT molecular complexity index is 581. The number of carbonyl (C=O) groups is 1. The van der Waals surface area contributed by atoms with Gasteiger partial charge in [-0.1, -0.05) is 12.1 Å². The number of halogens is 3. The van der Waals surface area contributed by atoms with Crippen molar-refractivity contribution in [3.63, 3.8) is 0 Å². The highest BCUT2D eigenvalue weighted by atomic mass is 19.4. The zero-order chi connectivity index (χ0) is 17.7. The van der Waals surface area contributed by atoms with Crippen LogP contribution in [-0.4, -0.2) is 54.5 Å². The highest BCUT2D eigenvalue weighted by Gasteiger charge is 2.31. The third-order valence-electron chi connectivity index (χ3n) is 3.89. The van der Waals surface area contributed by atoms with E-state index in [-0.39, 0.29) is 11.7 Å². The maximum atomic E-state index is 12.7. The highest BCUT2D eigenvalue weighted by molar-refractivity contribution is 5.81. The predicted molar refractivity (Wildman–Crippen MR) is 84.8 cm³/mol. The van der Waals surface area contributed by atoms with Crippen LogP contribution in [0.2, 0.25) is 0 Å². The molecular weight excluding hydrogens is 321 g/mol. The number of hydrogen-bond donors (Lipinski definition) is 0. The van der Waals surface area contributed by atoms with Crippen LogP contribution < -0.4 is 4.74 Å². The van der Waals surface area contributed by atoms with Crippen LogP contribution in [0.15, 0.2) is 36.9 Å². The summed E-state index contributed by atoms with van der Waals surface area (Å²) >= 11 is 0. The minimum atomic E-state index is -4.44. The van der Waals surface area contributed by atoms with Crippen molar-refractivity contribution in [2.24, 2.45) is 0 Å². The van der Waals surface area contributed by atoms with Crippen molar-refractivity contribution in [3.05, 3.63) is 42.5 Å². The van der Waals surface area contributed by atoms with Gasteiger partial charge in [0.1, 0.15) is 5.75 Å². The average molecular weight is 342 g/mol. The first kappa shape index (κ1) is 18.3. The molecule has 1 aliphatic rings. The number of benzene rings is 1. The second-order valence-corrected chi connectivity index (χ2v) is 5.70. The van der Waals surface area contributed by atoms with Gasteiger partial charge in [0.25, 0.3) is 5.91 Å². The van der Waals surface area contributed by atoms with Gasteiger partial charge in [0.05, 0.1) is 5.56 Å². The maximum Gasteiger partial charge on any atom is 0.416 e. The topological polar surface area (TPSA) is 32.8 Å². The number of piperazine rings is 1. The lowest BCUT2D eigenvalue weighted by atomic mass is 10.2. The van der Waals surface area contributed by atoms with Crippen LogP contribution in [-0.2, 0) is 11.0 Å². The van der Waals surface area contributed by atoms with Gasteiger partial charge in [0, 0.05) is 32.7 Å². The first-order valence-electron chi connectivity index (χ1n) is 7.77. The lowest BCUT2D eigenvalue weighted by molar-refractivity contribution is -0.139. The summed E-state index contributed by atoms with van der Waals surface area (Å²) in [5.41, 5.74) is -0.794. The van der Waals surface area contributed by atoms with Gasteiger partial charge in [0.15, 0.2) is 6.10 Å². The van der Waals surface area contributed by atoms with E-state index in [2.05, 4.69) is 11.5 Å². The molecule has 1 aromatic carbocycles. The van der Waals surface area contributed by atoms with Crippen molar-refractivity contribution >= 4 is 5.91 Å². The average Bonchev–Trinajstić information content (AvgIpc) is 2.54. The molecule has 0 saturated carbocycles. The molecule has 7 heteroatoms. The van der Waals surface area contributed by atoms with Crippen LogP contribution in [0.5, 0.6) is 5.75 Å². The number of amides is 1. The van der Waals surface area contributed by atoms with Crippen LogP contribution in [0, 0.1) is 0 Å². The van der Waals surface area contributed by atoms with Crippen molar-refractivity contribution < 1.29 is 22.7 Å². The molecule has 1 saturated heterocycles. The molecule has 0 spiro atoms. The lowest BCUT2D eigenvalue weighted by Crippen LogP contribution is -2.51. The van der Waals surface area contributed by atoms with E-state index < -0.39 is 17.8 Å². The summed E-state index contributed by atoms with van der Waals surface area (Å²) in [6.07, 6.45) is -3.45. The Balaban J connectivity index is 1.94. The summed E-state index contributed by atoms with van der Waals surface area (Å²) in [6, 6.07) is 4.56. The van der Waals surface area contributed by atoms with Crippen LogP contribution in [0.4, 0.5) is 13.2 Å². The Morgan fingerprint density at radius 3 is 2.58 bits per heavy atom. The van der Waals surface area contributed by atoms with Crippen LogP contribution in [0.1, 0.15) is 12.5 Å². The molecule has 0 bridgehead atoms. The van der Waals surface area contributed by atoms with Crippen LogP contribution >= 0.6 is 0 Å². The molecule has 4 nitrogen and oxygen atoms in total. The van der Waals surface area contributed by atoms with E-state index in [0.29, 0.717) is 13.1 Å². The van der Waals surface area contributed by atoms with Crippen molar-refractivity contribution in [2.45, 2.75) is 19.2 Å². The molecule has 1 fully saturated rings. The molecule has 132 valence electrons. The molecule has 1 aliphatic heterocycles. The monoisotopic (exact) mass is 342 g/mol. The van der Waals surface area contributed by atoms with Gasteiger partial charge in [-0.15, -0.1) is 6.58 Å². The number of hydrogen-bond acceptors (Lipinski definition) is 3. The summed E-state index contributed by atoms with van der Waals surface area (Å²) in [5.74, 6) is -0.179. The van der Waals surface area contributed by atoms with E-state index in [9.17, 15) is 18.0 Å². The van der Waals surface area contributed by atoms with Crippen molar-refractivity contribution in [1.82, 2.24) is 9.80 Å². The standard InChI is InChI=1S/C17H21F3N2O2/c1-3-7-21-8-10-22(11-9-21)16(23)13(2)24-15-6-4-5-14(12-15)17(18,19)20/h3-6,12-13H,1,7-11H2,2H3. The highest BCUT2D eigenvalue weighted by Crippen LogP contribution is 2.31. The number of nitrogens with zero attached hydrogens (tertiary/aromatic N) is 2. The minimum absolute atomic E-state index is 0.0379. The van der Waals surface area contributed by atoms with E-state index in [1.165, 1.54) is 12.1 Å². The molecule has 1 unspecified atom stereocenters. The summed E-state index contributed by atoms with van der Waals surface area (Å²) in [7, 11) is 0. The Morgan fingerprint density at radius 2 is 2.00 bits per heavy atom. The molecular formula is C17H21F3N2O2. The molecule has 2 rings (SSSR count). The van der Waals surface area contributed by atoms with Gasteiger partial charge in [-0.25, -0.2) is 0 Å². The van der Waals surface area contributed by atoms with Gasteiger partial charge in [-0.2, -0.15) is 13.2 Å². The normalized spacial score (nSPS) is 17.4. The third-order valence-corrected chi connectivity index (χ3v) is 3.89. The fourth-order valence-electron chi connectivity index (χ4n) is 2.59. The Morgan fingerprint density at radius 1 is 1.33 bits per heavy atom. The van der Waals surface area contributed by atoms with Crippen LogP contribution in [0.3, 0.4) is 0 Å². The third kappa shape index (κ3) is 4.74. The molecule has 0 aromatic heterocycles. The van der Waals surface area contributed by atoms with Gasteiger partial charge < -0.3 is 9.64 Å². The number of rotatable bonds is 5. The molecule has 0 radical (unpaired) electrons. The Labute approximate surface area is 139 Å². The summed E-state index contributed by atoms with van der Waals surface area (Å²) < 4.78 is 43.6. The lowest BCUT2D eigenvalue weighted by Gasteiger charge is -2.35. The second kappa shape index (κ2) is 7.70. The fourth-order valence-corrected chi connectivity index (χ4v) is 2.59. The van der Waals surface area contributed by atoms with E-state index >= 15 is 0 Å². The maximum absolute atomic E-state index is 12.7. The van der Waals surface area contributed by atoms with Crippen molar-refractivity contribution in [3.8, 4) is 5.75 Å². The molecule has 1 heterocycles. The fraction of sp³-hybridized carbons (Fsp3) is 0.471. The molecule has 1 aromatic rings. The summed E-state index contributed by atoms with van der Waals surface area (Å²) in [6.45, 7) is 8.65. The SMILES string of the molecule is C=CCN1CCN(C(=O)C(C)Oc2cccc(C(F)(F)F)c2)CC1. The quantitative estimate of drug-likeness (QED) is 0.772. The molecule has 1 atom stereocenters. The minimum Gasteiger partial charge on any atom is -0.481 e. The van der Waals surface area contributed by atoms with E-state index in [1.54, 1.807) is 11.8 Å². The second-order valence-electron chi connectivity index (χ2n) is 5.70. The van der Waals surface area contributed by atoms with Crippen molar-refractivity contribution in [1.29, 1.82) is 0 Å². The van der Waals surface area contributed by atoms with E-state index in [4.69, 9.17) is 4.74 Å². The molecule has 1 amide bonds. The molecule has 24 heavy (non-hydrogen) atoms. The van der Waals surface area contributed by atoms with E-state index in [1.807, 2.05) is 6.08 Å². The zero-order valence-electron chi connectivity index (χ0n) is 13.6. The van der Waals surface area contributed by atoms with Gasteiger partial charge in [-0.05, 0) is 25.1 Å². The zero-order valence-corrected chi connectivity index (χ0v) is 13.6. The smallest absolute Gasteiger partial charge is 0.416 e. The van der Waals surface area contributed by atoms with Crippen molar-refractivity contribution in [2.75, 3.05) is 32.7 Å². The summed E-state index contributed by atoms with van der Waals surface area (Å²) in [5, 5.41) is 0. The van der Waals surface area contributed by atoms with Gasteiger partial charge >= 0.3 is 6.18 Å². The predicted octanol–water partition coefficient (Wildman–Crippen LogP) is 2.80. The number of carbonyl (C=O) groups excluding carboxylic acids is 1. The molecule has 0 N–H and O–H groups in total. The largest absolute Gasteiger partial charge is 0.481 e. The number of ether oxygens (including phenoxy) is 1. The van der Waals surface area contributed by atoms with Gasteiger partial charge in [-0.3, -0.25) is 9.69 Å². The first-order valence-corrected chi connectivity index (χ1v) is 7.77. The van der Waals surface area contributed by atoms with Crippen LogP contribution in [0.25, 0.3) is 0 Å². The van der Waals surface area contributed by atoms with E-state index in [0.717, 1.165) is 31.8 Å². The Kier molecular flexibility index (Phi) is 5.88.